The molecule has 1 fully saturated rings. The van der Waals surface area contributed by atoms with Crippen LogP contribution >= 0.6 is 0 Å². The predicted octanol–water partition coefficient (Wildman–Crippen LogP) is 1.82. The fourth-order valence-electron chi connectivity index (χ4n) is 2.87. The van der Waals surface area contributed by atoms with Crippen molar-refractivity contribution in [2.45, 2.75) is 39.0 Å². The van der Waals surface area contributed by atoms with Crippen molar-refractivity contribution in [1.29, 1.82) is 0 Å². The zero-order chi connectivity index (χ0) is 15.3. The molecule has 1 unspecified atom stereocenters. The lowest BCUT2D eigenvalue weighted by molar-refractivity contribution is -0.0752. The number of anilines is 1. The molecule has 1 aromatic heterocycles. The molecule has 0 aliphatic carbocycles. The fourth-order valence-corrected chi connectivity index (χ4v) is 2.87. The van der Waals surface area contributed by atoms with Crippen LogP contribution in [0.2, 0.25) is 0 Å². The maximum Gasteiger partial charge on any atom is 0.133 e. The molecule has 5 heteroatoms. The number of hydrogen-bond donors (Lipinski definition) is 1. The number of rotatable bonds is 6. The molecule has 118 valence electrons. The Morgan fingerprint density at radius 2 is 2.33 bits per heavy atom. The molecule has 0 saturated carbocycles. The van der Waals surface area contributed by atoms with Gasteiger partial charge in [0.2, 0.25) is 0 Å². The largest absolute Gasteiger partial charge is 0.383 e. The summed E-state index contributed by atoms with van der Waals surface area (Å²) in [6.45, 7) is 10.5. The molecule has 1 aliphatic rings. The summed E-state index contributed by atoms with van der Waals surface area (Å²) in [6.07, 6.45) is 2.08. The van der Waals surface area contributed by atoms with Gasteiger partial charge in [0, 0.05) is 45.0 Å². The van der Waals surface area contributed by atoms with Crippen LogP contribution in [0, 0.1) is 0 Å². The van der Waals surface area contributed by atoms with Crippen LogP contribution in [0.1, 0.15) is 26.3 Å². The van der Waals surface area contributed by atoms with Crippen LogP contribution < -0.4 is 10.2 Å². The molecule has 1 saturated heterocycles. The number of methoxy groups -OCH3 is 1. The molecule has 1 atom stereocenters. The topological polar surface area (TPSA) is 46.6 Å². The third-order valence-electron chi connectivity index (χ3n) is 3.53. The smallest absolute Gasteiger partial charge is 0.133 e. The van der Waals surface area contributed by atoms with Crippen molar-refractivity contribution < 1.29 is 9.47 Å². The molecule has 1 aromatic rings. The second kappa shape index (κ2) is 7.20. The van der Waals surface area contributed by atoms with Gasteiger partial charge in [-0.3, -0.25) is 0 Å². The summed E-state index contributed by atoms with van der Waals surface area (Å²) in [5.74, 6) is 1.06. The molecular formula is C16H27N3O2. The van der Waals surface area contributed by atoms with E-state index in [9.17, 15) is 0 Å². The number of nitrogens with one attached hydrogen (secondary N) is 1. The summed E-state index contributed by atoms with van der Waals surface area (Å²) in [6, 6.07) is 4.13. The van der Waals surface area contributed by atoms with Crippen molar-refractivity contribution in [2.75, 3.05) is 38.3 Å². The van der Waals surface area contributed by atoms with E-state index in [-0.39, 0.29) is 11.7 Å². The fraction of sp³-hybridized carbons (Fsp3) is 0.688. The van der Waals surface area contributed by atoms with Crippen LogP contribution in [-0.2, 0) is 16.0 Å². The SMILES string of the molecule is COCCNCc1cccnc1N1CC(C)OC(C)(C)C1. The van der Waals surface area contributed by atoms with Gasteiger partial charge in [-0.15, -0.1) is 0 Å². The van der Waals surface area contributed by atoms with Crippen LogP contribution in [0.3, 0.4) is 0 Å². The van der Waals surface area contributed by atoms with E-state index in [2.05, 4.69) is 42.0 Å². The van der Waals surface area contributed by atoms with Gasteiger partial charge in [0.15, 0.2) is 0 Å². The monoisotopic (exact) mass is 293 g/mol. The van der Waals surface area contributed by atoms with E-state index in [1.807, 2.05) is 12.3 Å². The van der Waals surface area contributed by atoms with Crippen molar-refractivity contribution in [2.24, 2.45) is 0 Å². The second-order valence-corrected chi connectivity index (χ2v) is 6.22. The molecule has 5 nitrogen and oxygen atoms in total. The summed E-state index contributed by atoms with van der Waals surface area (Å²) in [7, 11) is 1.72. The first-order valence-corrected chi connectivity index (χ1v) is 7.58. The average Bonchev–Trinajstić information content (AvgIpc) is 2.42. The van der Waals surface area contributed by atoms with E-state index < -0.39 is 0 Å². The van der Waals surface area contributed by atoms with Gasteiger partial charge < -0.3 is 19.7 Å². The lowest BCUT2D eigenvalue weighted by Crippen LogP contribution is -2.52. The molecule has 0 bridgehead atoms. The Balaban J connectivity index is 2.08. The summed E-state index contributed by atoms with van der Waals surface area (Å²) in [4.78, 5) is 6.94. The van der Waals surface area contributed by atoms with Crippen molar-refractivity contribution in [3.05, 3.63) is 23.9 Å². The van der Waals surface area contributed by atoms with Crippen LogP contribution in [-0.4, -0.2) is 50.0 Å². The molecule has 0 spiro atoms. The first kappa shape index (κ1) is 16.2. The third kappa shape index (κ3) is 4.66. The Labute approximate surface area is 127 Å². The van der Waals surface area contributed by atoms with Gasteiger partial charge in [-0.1, -0.05) is 6.07 Å². The number of morpholine rings is 1. The highest BCUT2D eigenvalue weighted by molar-refractivity contribution is 5.47. The maximum absolute atomic E-state index is 5.98. The van der Waals surface area contributed by atoms with E-state index in [1.165, 1.54) is 5.56 Å². The normalized spacial score (nSPS) is 21.5. The van der Waals surface area contributed by atoms with E-state index in [0.717, 1.165) is 38.6 Å². The van der Waals surface area contributed by atoms with Gasteiger partial charge >= 0.3 is 0 Å². The third-order valence-corrected chi connectivity index (χ3v) is 3.53. The predicted molar refractivity (Wildman–Crippen MR) is 84.7 cm³/mol. The molecule has 2 rings (SSSR count). The highest BCUT2D eigenvalue weighted by atomic mass is 16.5. The summed E-state index contributed by atoms with van der Waals surface area (Å²) >= 11 is 0. The quantitative estimate of drug-likeness (QED) is 0.811. The summed E-state index contributed by atoms with van der Waals surface area (Å²) in [5, 5.41) is 3.39. The van der Waals surface area contributed by atoms with E-state index in [4.69, 9.17) is 9.47 Å². The Hall–Kier alpha value is -1.17. The highest BCUT2D eigenvalue weighted by Crippen LogP contribution is 2.26. The van der Waals surface area contributed by atoms with Crippen molar-refractivity contribution in [1.82, 2.24) is 10.3 Å². The zero-order valence-corrected chi connectivity index (χ0v) is 13.6. The van der Waals surface area contributed by atoms with Crippen LogP contribution in [0.4, 0.5) is 5.82 Å². The molecule has 21 heavy (non-hydrogen) atoms. The van der Waals surface area contributed by atoms with Crippen molar-refractivity contribution in [3.63, 3.8) is 0 Å². The van der Waals surface area contributed by atoms with Crippen LogP contribution in [0.5, 0.6) is 0 Å². The van der Waals surface area contributed by atoms with E-state index >= 15 is 0 Å². The minimum atomic E-state index is -0.143. The highest BCUT2D eigenvalue weighted by Gasteiger charge is 2.32. The Morgan fingerprint density at radius 1 is 1.52 bits per heavy atom. The first-order valence-electron chi connectivity index (χ1n) is 7.58. The van der Waals surface area contributed by atoms with Gasteiger partial charge in [0.05, 0.1) is 18.3 Å². The second-order valence-electron chi connectivity index (χ2n) is 6.22. The minimum Gasteiger partial charge on any atom is -0.383 e. The number of ether oxygens (including phenoxy) is 2. The molecule has 1 N–H and O–H groups in total. The van der Waals surface area contributed by atoms with E-state index in [0.29, 0.717) is 0 Å². The zero-order valence-electron chi connectivity index (χ0n) is 13.6. The van der Waals surface area contributed by atoms with Gasteiger partial charge in [-0.25, -0.2) is 4.98 Å². The maximum atomic E-state index is 5.98. The number of pyridine rings is 1. The standard InChI is InChI=1S/C16H27N3O2/c1-13-11-19(12-16(2,3)21-13)15-14(6-5-7-18-15)10-17-8-9-20-4/h5-7,13,17H,8-12H2,1-4H3. The lowest BCUT2D eigenvalue weighted by Gasteiger charge is -2.42. The summed E-state index contributed by atoms with van der Waals surface area (Å²) in [5.41, 5.74) is 1.08. The number of aromatic nitrogens is 1. The van der Waals surface area contributed by atoms with Gasteiger partial charge in [0.1, 0.15) is 5.82 Å². The van der Waals surface area contributed by atoms with Crippen LogP contribution in [0.15, 0.2) is 18.3 Å². The molecule has 0 amide bonds. The van der Waals surface area contributed by atoms with Crippen molar-refractivity contribution >= 4 is 5.82 Å². The molecule has 1 aliphatic heterocycles. The first-order chi connectivity index (χ1) is 10.0. The van der Waals surface area contributed by atoms with Crippen molar-refractivity contribution in [3.8, 4) is 0 Å². The van der Waals surface area contributed by atoms with Gasteiger partial charge in [0.25, 0.3) is 0 Å². The molecule has 0 aromatic carbocycles. The van der Waals surface area contributed by atoms with Crippen LogP contribution in [0.25, 0.3) is 0 Å². The summed E-state index contributed by atoms with van der Waals surface area (Å²) < 4.78 is 11.0. The Morgan fingerprint density at radius 3 is 3.05 bits per heavy atom. The van der Waals surface area contributed by atoms with Gasteiger partial charge in [-0.2, -0.15) is 0 Å². The Kier molecular flexibility index (Phi) is 5.56. The molecule has 0 radical (unpaired) electrons. The lowest BCUT2D eigenvalue weighted by atomic mass is 10.0. The van der Waals surface area contributed by atoms with Gasteiger partial charge in [-0.05, 0) is 26.8 Å². The number of nitrogens with zero attached hydrogens (tertiary/aromatic N) is 2. The molecular weight excluding hydrogens is 266 g/mol. The Bertz CT molecular complexity index is 451. The minimum absolute atomic E-state index is 0.143. The van der Waals surface area contributed by atoms with E-state index in [1.54, 1.807) is 7.11 Å². The average molecular weight is 293 g/mol. The number of hydrogen-bond acceptors (Lipinski definition) is 5. The molecule has 2 heterocycles.